The van der Waals surface area contributed by atoms with Gasteiger partial charge in [0.15, 0.2) is 0 Å². The molecule has 0 aromatic heterocycles. The fourth-order valence-corrected chi connectivity index (χ4v) is 3.06. The second-order valence-electron chi connectivity index (χ2n) is 3.51. The van der Waals surface area contributed by atoms with Crippen molar-refractivity contribution in [2.45, 2.75) is 24.3 Å². The molecule has 0 saturated carbocycles. The topological polar surface area (TPSA) is 96.0 Å². The molecular weight excluding hydrogens is 297 g/mol. The van der Waals surface area contributed by atoms with E-state index in [1.165, 1.54) is 12.1 Å². The number of sulfonamides is 1. The molecule has 1 aromatic rings. The summed E-state index contributed by atoms with van der Waals surface area (Å²) < 4.78 is 26.1. The summed E-state index contributed by atoms with van der Waals surface area (Å²) in [6.07, 6.45) is 0.353. The molecule has 0 radical (unpaired) electrons. The largest absolute Gasteiger partial charge is 0.396 e. The first-order chi connectivity index (χ1) is 8.31. The van der Waals surface area contributed by atoms with E-state index in [0.717, 1.165) is 0 Å². The summed E-state index contributed by atoms with van der Waals surface area (Å²) in [5.74, 6) is 0. The normalized spacial score (nSPS) is 13.0. The maximum absolute atomic E-state index is 12.0. The number of rotatable bonds is 4. The fraction of sp³-hybridized carbons (Fsp3) is 0.300. The van der Waals surface area contributed by atoms with E-state index in [4.69, 9.17) is 34.2 Å². The average Bonchev–Trinajstić information content (AvgIpc) is 2.32. The predicted octanol–water partition coefficient (Wildman–Crippen LogP) is 2.16. The van der Waals surface area contributed by atoms with Crippen LogP contribution in [0.2, 0.25) is 10.0 Å². The van der Waals surface area contributed by atoms with Crippen LogP contribution in [0.4, 0.5) is 5.69 Å². The van der Waals surface area contributed by atoms with Crippen LogP contribution in [0.1, 0.15) is 13.3 Å². The highest BCUT2D eigenvalue weighted by atomic mass is 35.5. The lowest BCUT2D eigenvalue weighted by atomic mass is 10.3. The predicted molar refractivity (Wildman–Crippen MR) is 70.9 cm³/mol. The van der Waals surface area contributed by atoms with E-state index in [0.29, 0.717) is 6.42 Å². The van der Waals surface area contributed by atoms with Crippen molar-refractivity contribution in [3.05, 3.63) is 22.2 Å². The van der Waals surface area contributed by atoms with E-state index in [2.05, 4.69) is 4.72 Å². The van der Waals surface area contributed by atoms with Gasteiger partial charge in [0.1, 0.15) is 6.04 Å². The highest BCUT2D eigenvalue weighted by Crippen LogP contribution is 2.30. The number of nitrogens with two attached hydrogens (primary N) is 1. The summed E-state index contributed by atoms with van der Waals surface area (Å²) in [5, 5.41) is 8.84. The summed E-state index contributed by atoms with van der Waals surface area (Å²) in [7, 11) is -3.84. The van der Waals surface area contributed by atoms with Crippen LogP contribution in [-0.2, 0) is 10.0 Å². The Bertz CT molecular complexity index is 573. The Balaban J connectivity index is 3.18. The van der Waals surface area contributed by atoms with E-state index in [1.807, 2.05) is 6.07 Å². The molecule has 1 aromatic carbocycles. The van der Waals surface area contributed by atoms with E-state index < -0.39 is 16.1 Å². The van der Waals surface area contributed by atoms with Crippen LogP contribution in [0.15, 0.2) is 17.0 Å². The fourth-order valence-electron chi connectivity index (χ4n) is 1.17. The van der Waals surface area contributed by atoms with Gasteiger partial charge in [-0.15, -0.1) is 0 Å². The van der Waals surface area contributed by atoms with Gasteiger partial charge in [0.2, 0.25) is 10.0 Å². The Labute approximate surface area is 116 Å². The molecule has 98 valence electrons. The number of nitrogens with one attached hydrogen (secondary N) is 1. The molecule has 0 aliphatic carbocycles. The first kappa shape index (κ1) is 15.1. The van der Waals surface area contributed by atoms with Gasteiger partial charge in [-0.3, -0.25) is 0 Å². The van der Waals surface area contributed by atoms with Gasteiger partial charge >= 0.3 is 0 Å². The van der Waals surface area contributed by atoms with E-state index in [9.17, 15) is 8.42 Å². The van der Waals surface area contributed by atoms with E-state index >= 15 is 0 Å². The smallest absolute Gasteiger partial charge is 0.241 e. The zero-order chi connectivity index (χ0) is 13.9. The number of halogens is 2. The maximum atomic E-state index is 12.0. The van der Waals surface area contributed by atoms with Crippen molar-refractivity contribution in [3.63, 3.8) is 0 Å². The summed E-state index contributed by atoms with van der Waals surface area (Å²) in [6.45, 7) is 1.69. The Morgan fingerprint density at radius 3 is 2.33 bits per heavy atom. The Morgan fingerprint density at radius 2 is 1.94 bits per heavy atom. The van der Waals surface area contributed by atoms with Crippen molar-refractivity contribution in [1.29, 1.82) is 5.26 Å². The zero-order valence-electron chi connectivity index (χ0n) is 9.44. The van der Waals surface area contributed by atoms with Gasteiger partial charge in [-0.1, -0.05) is 30.1 Å². The first-order valence-electron chi connectivity index (χ1n) is 4.98. The molecule has 3 N–H and O–H groups in total. The monoisotopic (exact) mass is 307 g/mol. The number of benzene rings is 1. The van der Waals surface area contributed by atoms with Crippen LogP contribution in [0.5, 0.6) is 0 Å². The molecule has 0 fully saturated rings. The molecule has 5 nitrogen and oxygen atoms in total. The molecule has 0 saturated heterocycles. The van der Waals surface area contributed by atoms with Crippen molar-refractivity contribution < 1.29 is 8.42 Å². The number of nitrogen functional groups attached to an aromatic ring is 1. The zero-order valence-corrected chi connectivity index (χ0v) is 11.8. The minimum Gasteiger partial charge on any atom is -0.396 e. The van der Waals surface area contributed by atoms with Crippen LogP contribution in [0.3, 0.4) is 0 Å². The van der Waals surface area contributed by atoms with Crippen molar-refractivity contribution in [3.8, 4) is 6.07 Å². The lowest BCUT2D eigenvalue weighted by Gasteiger charge is -2.11. The van der Waals surface area contributed by atoms with E-state index in [-0.39, 0.29) is 20.6 Å². The molecule has 18 heavy (non-hydrogen) atoms. The number of hydrogen-bond acceptors (Lipinski definition) is 4. The number of anilines is 1. The summed E-state index contributed by atoms with van der Waals surface area (Å²) in [5.41, 5.74) is 5.63. The molecule has 0 aliphatic rings. The SMILES string of the molecule is CC[C@H](C#N)NS(=O)(=O)c1cc(Cl)c(N)c(Cl)c1. The lowest BCUT2D eigenvalue weighted by molar-refractivity contribution is 0.569. The summed E-state index contributed by atoms with van der Waals surface area (Å²) in [4.78, 5) is -0.125. The third-order valence-corrected chi connectivity index (χ3v) is 4.30. The minimum atomic E-state index is -3.84. The second-order valence-corrected chi connectivity index (χ2v) is 6.04. The Kier molecular flexibility index (Phi) is 4.82. The molecule has 1 rings (SSSR count). The van der Waals surface area contributed by atoms with Crippen LogP contribution in [-0.4, -0.2) is 14.5 Å². The molecule has 0 heterocycles. The molecule has 0 spiro atoms. The van der Waals surface area contributed by atoms with Crippen molar-refractivity contribution in [1.82, 2.24) is 4.72 Å². The standard InChI is InChI=1S/C10H11Cl2N3O2S/c1-2-6(5-13)15-18(16,17)7-3-8(11)10(14)9(12)4-7/h3-4,6,15H,2,14H2,1H3/t6-/m1/s1. The van der Waals surface area contributed by atoms with Crippen LogP contribution in [0, 0.1) is 11.3 Å². The second kappa shape index (κ2) is 5.76. The van der Waals surface area contributed by atoms with Crippen molar-refractivity contribution in [2.24, 2.45) is 0 Å². The third-order valence-electron chi connectivity index (χ3n) is 2.22. The highest BCUT2D eigenvalue weighted by molar-refractivity contribution is 7.89. The summed E-state index contributed by atoms with van der Waals surface area (Å²) in [6, 6.07) is 3.42. The molecule has 0 aliphatic heterocycles. The highest BCUT2D eigenvalue weighted by Gasteiger charge is 2.20. The molecule has 0 amide bonds. The quantitative estimate of drug-likeness (QED) is 0.833. The van der Waals surface area contributed by atoms with Gasteiger partial charge in [-0.2, -0.15) is 9.98 Å². The van der Waals surface area contributed by atoms with Gasteiger partial charge in [0.25, 0.3) is 0 Å². The van der Waals surface area contributed by atoms with Gasteiger partial charge in [0.05, 0.1) is 26.7 Å². The summed E-state index contributed by atoms with van der Waals surface area (Å²) >= 11 is 11.5. The lowest BCUT2D eigenvalue weighted by Crippen LogP contribution is -2.33. The van der Waals surface area contributed by atoms with Gasteiger partial charge in [-0.05, 0) is 18.6 Å². The molecular formula is C10H11Cl2N3O2S. The first-order valence-corrected chi connectivity index (χ1v) is 7.22. The van der Waals surface area contributed by atoms with Crippen LogP contribution in [0.25, 0.3) is 0 Å². The molecule has 8 heteroatoms. The van der Waals surface area contributed by atoms with E-state index in [1.54, 1.807) is 6.92 Å². The van der Waals surface area contributed by atoms with Crippen LogP contribution >= 0.6 is 23.2 Å². The minimum absolute atomic E-state index is 0.0490. The number of hydrogen-bond donors (Lipinski definition) is 2. The number of nitrogens with zero attached hydrogens (tertiary/aromatic N) is 1. The molecule has 0 bridgehead atoms. The molecule has 1 atom stereocenters. The average molecular weight is 308 g/mol. The van der Waals surface area contributed by atoms with Gasteiger partial charge in [0, 0.05) is 0 Å². The van der Waals surface area contributed by atoms with Gasteiger partial charge < -0.3 is 5.73 Å². The third kappa shape index (κ3) is 3.27. The molecule has 0 unspecified atom stereocenters. The van der Waals surface area contributed by atoms with Crippen molar-refractivity contribution >= 4 is 38.9 Å². The van der Waals surface area contributed by atoms with Gasteiger partial charge in [-0.25, -0.2) is 8.42 Å². The number of nitriles is 1. The maximum Gasteiger partial charge on any atom is 0.241 e. The Hall–Kier alpha value is -1.00. The van der Waals surface area contributed by atoms with Crippen molar-refractivity contribution in [2.75, 3.05) is 5.73 Å². The van der Waals surface area contributed by atoms with Crippen LogP contribution < -0.4 is 10.5 Å². The Morgan fingerprint density at radius 1 is 1.44 bits per heavy atom.